The van der Waals surface area contributed by atoms with Crippen LogP contribution < -0.4 is 15.8 Å². The summed E-state index contributed by atoms with van der Waals surface area (Å²) in [5.41, 5.74) is 6.99. The molecule has 0 bridgehead atoms. The topological polar surface area (TPSA) is 88.1 Å². The van der Waals surface area contributed by atoms with Crippen LogP contribution in [0.4, 0.5) is 5.69 Å². The Morgan fingerprint density at radius 1 is 1.29 bits per heavy atom. The summed E-state index contributed by atoms with van der Waals surface area (Å²) in [5.74, 6) is 0.460. The zero-order valence-electron chi connectivity index (χ0n) is 11.6. The minimum absolute atomic E-state index is 0.248. The van der Waals surface area contributed by atoms with Crippen molar-refractivity contribution in [2.75, 3.05) is 12.3 Å². The second-order valence-corrected chi connectivity index (χ2v) is 4.33. The van der Waals surface area contributed by atoms with Crippen molar-refractivity contribution in [3.63, 3.8) is 0 Å². The van der Waals surface area contributed by atoms with Crippen molar-refractivity contribution in [3.8, 4) is 17.6 Å². The van der Waals surface area contributed by atoms with Crippen LogP contribution in [0.3, 0.4) is 0 Å². The predicted octanol–water partition coefficient (Wildman–Crippen LogP) is 2.68. The van der Waals surface area contributed by atoms with Gasteiger partial charge in [0.15, 0.2) is 0 Å². The zero-order valence-corrected chi connectivity index (χ0v) is 11.6. The van der Waals surface area contributed by atoms with E-state index in [0.29, 0.717) is 34.9 Å². The predicted molar refractivity (Wildman–Crippen MR) is 80.1 cm³/mol. The molecule has 2 aromatic rings. The number of nitrogens with one attached hydrogen (secondary N) is 1. The fourth-order valence-electron chi connectivity index (χ4n) is 1.83. The van der Waals surface area contributed by atoms with Crippen molar-refractivity contribution in [1.82, 2.24) is 5.32 Å². The lowest BCUT2D eigenvalue weighted by atomic mass is 10.1. The number of nitrogens with zero attached hydrogens (tertiary/aromatic N) is 1. The van der Waals surface area contributed by atoms with E-state index in [-0.39, 0.29) is 5.91 Å². The van der Waals surface area contributed by atoms with Crippen molar-refractivity contribution in [1.29, 1.82) is 5.26 Å². The van der Waals surface area contributed by atoms with Gasteiger partial charge in [-0.15, -0.1) is 0 Å². The molecule has 0 radical (unpaired) electrons. The molecular formula is C16H15N3O2. The van der Waals surface area contributed by atoms with Gasteiger partial charge in [0.25, 0.3) is 5.91 Å². The molecule has 0 unspecified atom stereocenters. The number of amides is 1. The Kier molecular flexibility index (Phi) is 4.42. The quantitative estimate of drug-likeness (QED) is 0.843. The fourth-order valence-corrected chi connectivity index (χ4v) is 1.83. The number of anilines is 1. The maximum Gasteiger partial charge on any atom is 0.255 e. The van der Waals surface area contributed by atoms with Crippen LogP contribution in [0.1, 0.15) is 22.8 Å². The van der Waals surface area contributed by atoms with Crippen LogP contribution in [-0.4, -0.2) is 12.5 Å². The molecular weight excluding hydrogens is 266 g/mol. The lowest BCUT2D eigenvalue weighted by Gasteiger charge is -2.12. The van der Waals surface area contributed by atoms with Gasteiger partial charge >= 0.3 is 0 Å². The standard InChI is InChI=1S/C16H15N3O2/c1-2-19-16(20)13-8-7-12(18)9-15(13)21-14-6-4-3-5-11(14)10-17/h3-9H,2,18H2,1H3,(H,19,20). The van der Waals surface area contributed by atoms with Crippen LogP contribution in [0.25, 0.3) is 0 Å². The summed E-state index contributed by atoms with van der Waals surface area (Å²) in [5, 5.41) is 11.8. The van der Waals surface area contributed by atoms with E-state index in [4.69, 9.17) is 15.7 Å². The normalized spacial score (nSPS) is 9.71. The molecule has 5 nitrogen and oxygen atoms in total. The van der Waals surface area contributed by atoms with Gasteiger partial charge in [-0.1, -0.05) is 12.1 Å². The Balaban J connectivity index is 2.41. The Hall–Kier alpha value is -3.00. The molecule has 21 heavy (non-hydrogen) atoms. The number of benzene rings is 2. The van der Waals surface area contributed by atoms with E-state index < -0.39 is 0 Å². The van der Waals surface area contributed by atoms with Gasteiger partial charge < -0.3 is 15.8 Å². The van der Waals surface area contributed by atoms with E-state index in [1.807, 2.05) is 13.0 Å². The van der Waals surface area contributed by atoms with E-state index >= 15 is 0 Å². The van der Waals surface area contributed by atoms with Crippen LogP contribution >= 0.6 is 0 Å². The molecule has 106 valence electrons. The van der Waals surface area contributed by atoms with Crippen LogP contribution in [0.2, 0.25) is 0 Å². The van der Waals surface area contributed by atoms with Crippen LogP contribution in [0.15, 0.2) is 42.5 Å². The lowest BCUT2D eigenvalue weighted by molar-refractivity contribution is 0.0953. The van der Waals surface area contributed by atoms with Crippen molar-refractivity contribution < 1.29 is 9.53 Å². The fraction of sp³-hybridized carbons (Fsp3) is 0.125. The first kappa shape index (κ1) is 14.4. The third-order valence-electron chi connectivity index (χ3n) is 2.82. The van der Waals surface area contributed by atoms with Crippen LogP contribution in [0, 0.1) is 11.3 Å². The second kappa shape index (κ2) is 6.44. The summed E-state index contributed by atoms with van der Waals surface area (Å²) in [6.07, 6.45) is 0. The third-order valence-corrected chi connectivity index (χ3v) is 2.82. The average Bonchev–Trinajstić information content (AvgIpc) is 2.48. The maximum absolute atomic E-state index is 12.0. The Morgan fingerprint density at radius 2 is 2.05 bits per heavy atom. The summed E-state index contributed by atoms with van der Waals surface area (Å²) in [6.45, 7) is 2.35. The largest absolute Gasteiger partial charge is 0.455 e. The van der Waals surface area contributed by atoms with Crippen molar-refractivity contribution >= 4 is 11.6 Å². The Labute approximate surface area is 123 Å². The van der Waals surface area contributed by atoms with E-state index in [1.165, 1.54) is 0 Å². The van der Waals surface area contributed by atoms with E-state index in [2.05, 4.69) is 5.32 Å². The van der Waals surface area contributed by atoms with E-state index in [1.54, 1.807) is 42.5 Å². The lowest BCUT2D eigenvalue weighted by Crippen LogP contribution is -2.23. The van der Waals surface area contributed by atoms with Crippen molar-refractivity contribution in [2.24, 2.45) is 0 Å². The SMILES string of the molecule is CCNC(=O)c1ccc(N)cc1Oc1ccccc1C#N. The zero-order chi connectivity index (χ0) is 15.2. The summed E-state index contributed by atoms with van der Waals surface area (Å²) < 4.78 is 5.72. The molecule has 0 aromatic heterocycles. The van der Waals surface area contributed by atoms with Gasteiger partial charge in [-0.25, -0.2) is 0 Å². The number of carbonyl (C=O) groups is 1. The first-order valence-corrected chi connectivity index (χ1v) is 6.50. The number of nitriles is 1. The number of hydrogen-bond acceptors (Lipinski definition) is 4. The number of rotatable bonds is 4. The molecule has 0 aliphatic carbocycles. The van der Waals surface area contributed by atoms with E-state index in [9.17, 15) is 4.79 Å². The van der Waals surface area contributed by atoms with Gasteiger partial charge in [-0.3, -0.25) is 4.79 Å². The van der Waals surface area contributed by atoms with Crippen molar-refractivity contribution in [3.05, 3.63) is 53.6 Å². The summed E-state index contributed by atoms with van der Waals surface area (Å²) in [6, 6.07) is 13.7. The molecule has 0 saturated heterocycles. The molecule has 0 aliphatic rings. The molecule has 0 aliphatic heterocycles. The van der Waals surface area contributed by atoms with E-state index in [0.717, 1.165) is 0 Å². The number of hydrogen-bond donors (Lipinski definition) is 2. The van der Waals surface area contributed by atoms with Gasteiger partial charge in [0.05, 0.1) is 11.1 Å². The first-order chi connectivity index (χ1) is 10.2. The van der Waals surface area contributed by atoms with Gasteiger partial charge in [0, 0.05) is 18.3 Å². The summed E-state index contributed by atoms with van der Waals surface area (Å²) in [4.78, 5) is 12.0. The highest BCUT2D eigenvalue weighted by atomic mass is 16.5. The molecule has 0 fully saturated rings. The molecule has 0 atom stereocenters. The van der Waals surface area contributed by atoms with Crippen LogP contribution in [-0.2, 0) is 0 Å². The number of para-hydroxylation sites is 1. The summed E-state index contributed by atoms with van der Waals surface area (Å²) >= 11 is 0. The van der Waals surface area contributed by atoms with Gasteiger partial charge in [0.2, 0.25) is 0 Å². The number of nitrogens with two attached hydrogens (primary N) is 1. The summed E-state index contributed by atoms with van der Waals surface area (Å²) in [7, 11) is 0. The number of carbonyl (C=O) groups excluding carboxylic acids is 1. The smallest absolute Gasteiger partial charge is 0.255 e. The van der Waals surface area contributed by atoms with Crippen LogP contribution in [0.5, 0.6) is 11.5 Å². The highest BCUT2D eigenvalue weighted by molar-refractivity contribution is 5.97. The minimum atomic E-state index is -0.248. The minimum Gasteiger partial charge on any atom is -0.455 e. The first-order valence-electron chi connectivity index (χ1n) is 6.50. The highest BCUT2D eigenvalue weighted by Crippen LogP contribution is 2.29. The maximum atomic E-state index is 12.0. The number of nitrogen functional groups attached to an aromatic ring is 1. The third kappa shape index (κ3) is 3.31. The van der Waals surface area contributed by atoms with Crippen molar-refractivity contribution in [2.45, 2.75) is 6.92 Å². The Bertz CT molecular complexity index is 705. The number of ether oxygens (including phenoxy) is 1. The molecule has 1 amide bonds. The average molecular weight is 281 g/mol. The van der Waals surface area contributed by atoms with Gasteiger partial charge in [-0.05, 0) is 31.2 Å². The molecule has 0 saturated carbocycles. The molecule has 3 N–H and O–H groups in total. The van der Waals surface area contributed by atoms with Gasteiger partial charge in [0.1, 0.15) is 17.6 Å². The molecule has 5 heteroatoms. The monoisotopic (exact) mass is 281 g/mol. The van der Waals surface area contributed by atoms with Gasteiger partial charge in [-0.2, -0.15) is 5.26 Å². The molecule has 2 aromatic carbocycles. The molecule has 2 rings (SSSR count). The highest BCUT2D eigenvalue weighted by Gasteiger charge is 2.14. The second-order valence-electron chi connectivity index (χ2n) is 4.33. The molecule has 0 spiro atoms. The Morgan fingerprint density at radius 3 is 2.76 bits per heavy atom. The molecule has 0 heterocycles.